The lowest BCUT2D eigenvalue weighted by Gasteiger charge is -2.26. The minimum atomic E-state index is -4.23. The Morgan fingerprint density at radius 1 is 1.07 bits per heavy atom. The van der Waals surface area contributed by atoms with E-state index in [-0.39, 0.29) is 49.2 Å². The van der Waals surface area contributed by atoms with E-state index in [0.717, 1.165) is 12.1 Å². The first-order valence-electron chi connectivity index (χ1n) is 12.4. The first-order chi connectivity index (χ1) is 19.6. The van der Waals surface area contributed by atoms with Crippen LogP contribution in [-0.4, -0.2) is 59.6 Å². The molecule has 1 aliphatic heterocycles. The number of halogens is 1. The lowest BCUT2D eigenvalue weighted by Crippen LogP contribution is -2.40. The van der Waals surface area contributed by atoms with Crippen LogP contribution in [0.2, 0.25) is 0 Å². The first-order valence-corrected chi connectivity index (χ1v) is 13.9. The second kappa shape index (κ2) is 11.4. The second-order valence-electron chi connectivity index (χ2n) is 8.99. The number of hydrogen-bond acceptors (Lipinski definition) is 8. The van der Waals surface area contributed by atoms with E-state index in [9.17, 15) is 27.7 Å². The highest BCUT2D eigenvalue weighted by molar-refractivity contribution is 7.89. The Kier molecular flexibility index (Phi) is 7.79. The van der Waals surface area contributed by atoms with E-state index in [1.165, 1.54) is 39.3 Å². The fourth-order valence-electron chi connectivity index (χ4n) is 4.21. The molecule has 0 aliphatic carbocycles. The van der Waals surface area contributed by atoms with Crippen LogP contribution in [-0.2, 0) is 14.8 Å². The molecule has 3 aromatic carbocycles. The average molecular weight is 582 g/mol. The monoisotopic (exact) mass is 581 g/mol. The third-order valence-electron chi connectivity index (χ3n) is 6.32. The van der Waals surface area contributed by atoms with E-state index in [1.54, 1.807) is 37.3 Å². The first kappa shape index (κ1) is 27.9. The van der Waals surface area contributed by atoms with Crippen LogP contribution in [0.1, 0.15) is 16.1 Å². The van der Waals surface area contributed by atoms with Crippen LogP contribution < -0.4 is 10.1 Å². The number of hydrogen-bond donors (Lipinski definition) is 1. The minimum Gasteiger partial charge on any atom is -0.437 e. The summed E-state index contributed by atoms with van der Waals surface area (Å²) in [5.41, 5.74) is 0.638. The average Bonchev–Trinajstić information content (AvgIpc) is 3.31. The number of carbonyl (C=O) groups excluding carboxylic acids is 1. The van der Waals surface area contributed by atoms with Crippen LogP contribution in [0, 0.1) is 22.9 Å². The molecular weight excluding hydrogens is 557 g/mol. The van der Waals surface area contributed by atoms with Gasteiger partial charge in [0, 0.05) is 36.5 Å². The van der Waals surface area contributed by atoms with Gasteiger partial charge in [0.1, 0.15) is 16.5 Å². The normalized spacial score (nSPS) is 14.0. The van der Waals surface area contributed by atoms with Crippen molar-refractivity contribution in [3.63, 3.8) is 0 Å². The van der Waals surface area contributed by atoms with E-state index in [4.69, 9.17) is 9.47 Å². The maximum absolute atomic E-state index is 13.6. The molecule has 14 heteroatoms. The standard InChI is InChI=1S/C27H24FN5O7S/c1-18-25(26(34)29-20-9-7-19(28)8-10-20)30-32(21-5-3-2-4-6-21)27(18)40-23-12-11-22(33(35)36)17-24(23)41(37,38)31-13-15-39-16-14-31/h2-12,17H,13-16H2,1H3,(H,29,34). The number of benzene rings is 3. The van der Waals surface area contributed by atoms with Gasteiger partial charge in [0.2, 0.25) is 15.9 Å². The summed E-state index contributed by atoms with van der Waals surface area (Å²) < 4.78 is 54.5. The Hall–Kier alpha value is -4.66. The number of nitrogens with zero attached hydrogens (tertiary/aromatic N) is 4. The molecule has 212 valence electrons. The zero-order valence-corrected chi connectivity index (χ0v) is 22.5. The molecule has 1 N–H and O–H groups in total. The molecule has 0 spiro atoms. The second-order valence-corrected chi connectivity index (χ2v) is 10.9. The van der Waals surface area contributed by atoms with Crippen LogP contribution in [0.25, 0.3) is 5.69 Å². The topological polar surface area (TPSA) is 146 Å². The number of amides is 1. The van der Waals surface area contributed by atoms with Gasteiger partial charge in [-0.1, -0.05) is 18.2 Å². The lowest BCUT2D eigenvalue weighted by atomic mass is 10.2. The quantitative estimate of drug-likeness (QED) is 0.240. The Bertz CT molecular complexity index is 1700. The molecule has 41 heavy (non-hydrogen) atoms. The number of nitrogens with one attached hydrogen (secondary N) is 1. The minimum absolute atomic E-state index is 0.0211. The van der Waals surface area contributed by atoms with Gasteiger partial charge in [0.15, 0.2) is 5.69 Å². The van der Waals surface area contributed by atoms with Crippen molar-refractivity contribution in [3.8, 4) is 17.3 Å². The van der Waals surface area contributed by atoms with Crippen molar-refractivity contribution in [2.24, 2.45) is 0 Å². The van der Waals surface area contributed by atoms with Gasteiger partial charge in [-0.25, -0.2) is 12.8 Å². The fraction of sp³-hybridized carbons (Fsp3) is 0.185. The third-order valence-corrected chi connectivity index (χ3v) is 8.24. The molecule has 0 unspecified atom stereocenters. The van der Waals surface area contributed by atoms with E-state index >= 15 is 0 Å². The highest BCUT2D eigenvalue weighted by Crippen LogP contribution is 2.37. The van der Waals surface area contributed by atoms with Crippen molar-refractivity contribution in [3.05, 3.63) is 100.0 Å². The zero-order valence-electron chi connectivity index (χ0n) is 21.7. The molecule has 0 atom stereocenters. The number of para-hydroxylation sites is 1. The lowest BCUT2D eigenvalue weighted by molar-refractivity contribution is -0.385. The van der Waals surface area contributed by atoms with E-state index in [0.29, 0.717) is 11.4 Å². The number of ether oxygens (including phenoxy) is 2. The molecule has 1 amide bonds. The molecule has 1 saturated heterocycles. The molecule has 2 heterocycles. The van der Waals surface area contributed by atoms with E-state index in [2.05, 4.69) is 10.4 Å². The third kappa shape index (κ3) is 5.79. The van der Waals surface area contributed by atoms with E-state index < -0.39 is 37.3 Å². The smallest absolute Gasteiger partial charge is 0.276 e. The van der Waals surface area contributed by atoms with Crippen LogP contribution in [0.3, 0.4) is 0 Å². The van der Waals surface area contributed by atoms with Crippen molar-refractivity contribution in [1.29, 1.82) is 0 Å². The van der Waals surface area contributed by atoms with Gasteiger partial charge in [-0.2, -0.15) is 14.1 Å². The van der Waals surface area contributed by atoms with Crippen molar-refractivity contribution >= 4 is 27.3 Å². The predicted molar refractivity (Wildman–Crippen MR) is 145 cm³/mol. The van der Waals surface area contributed by atoms with Gasteiger partial charge in [-0.05, 0) is 49.4 Å². The van der Waals surface area contributed by atoms with Gasteiger partial charge in [-0.3, -0.25) is 14.9 Å². The van der Waals surface area contributed by atoms with Crippen LogP contribution >= 0.6 is 0 Å². The molecule has 0 saturated carbocycles. The zero-order chi connectivity index (χ0) is 29.1. The maximum atomic E-state index is 13.6. The highest BCUT2D eigenvalue weighted by atomic mass is 32.2. The number of nitro benzene ring substituents is 1. The maximum Gasteiger partial charge on any atom is 0.276 e. The molecule has 0 radical (unpaired) electrons. The van der Waals surface area contributed by atoms with Gasteiger partial charge in [-0.15, -0.1) is 0 Å². The Morgan fingerprint density at radius 3 is 2.41 bits per heavy atom. The predicted octanol–water partition coefficient (Wildman–Crippen LogP) is 4.29. The summed E-state index contributed by atoms with van der Waals surface area (Å²) in [6.45, 7) is 2.06. The summed E-state index contributed by atoms with van der Waals surface area (Å²) in [7, 11) is -4.23. The SMILES string of the molecule is Cc1c(C(=O)Nc2ccc(F)cc2)nn(-c2ccccc2)c1Oc1ccc([N+](=O)[O-])cc1S(=O)(=O)N1CCOCC1. The number of rotatable bonds is 8. The summed E-state index contributed by atoms with van der Waals surface area (Å²) >= 11 is 0. The van der Waals surface area contributed by atoms with Crippen molar-refractivity contribution in [2.45, 2.75) is 11.8 Å². The Balaban J connectivity index is 1.60. The van der Waals surface area contributed by atoms with Crippen molar-refractivity contribution < 1.29 is 32.0 Å². The van der Waals surface area contributed by atoms with Gasteiger partial charge >= 0.3 is 0 Å². The molecule has 1 aliphatic rings. The van der Waals surface area contributed by atoms with Gasteiger partial charge in [0.25, 0.3) is 11.6 Å². The molecule has 1 fully saturated rings. The number of sulfonamides is 1. The molecule has 1 aromatic heterocycles. The van der Waals surface area contributed by atoms with Gasteiger partial charge in [0.05, 0.1) is 23.8 Å². The van der Waals surface area contributed by atoms with Crippen molar-refractivity contribution in [1.82, 2.24) is 14.1 Å². The number of morpholine rings is 1. The highest BCUT2D eigenvalue weighted by Gasteiger charge is 2.32. The number of non-ortho nitro benzene ring substituents is 1. The van der Waals surface area contributed by atoms with Crippen molar-refractivity contribution in [2.75, 3.05) is 31.6 Å². The van der Waals surface area contributed by atoms with Crippen LogP contribution in [0.5, 0.6) is 11.6 Å². The Labute approximate surface area is 234 Å². The van der Waals surface area contributed by atoms with Crippen LogP contribution in [0.4, 0.5) is 15.8 Å². The summed E-state index contributed by atoms with van der Waals surface area (Å²) in [4.78, 5) is 23.6. The summed E-state index contributed by atoms with van der Waals surface area (Å²) in [5, 5.41) is 18.6. The number of aromatic nitrogens is 2. The van der Waals surface area contributed by atoms with E-state index in [1.807, 2.05) is 0 Å². The molecule has 4 aromatic rings. The summed E-state index contributed by atoms with van der Waals surface area (Å²) in [6.07, 6.45) is 0. The number of nitro groups is 1. The molecule has 12 nitrogen and oxygen atoms in total. The largest absolute Gasteiger partial charge is 0.437 e. The van der Waals surface area contributed by atoms with Crippen LogP contribution in [0.15, 0.2) is 77.7 Å². The summed E-state index contributed by atoms with van der Waals surface area (Å²) in [5.74, 6) is -1.24. The fourth-order valence-corrected chi connectivity index (χ4v) is 5.75. The number of carbonyl (C=O) groups is 1. The molecule has 5 rings (SSSR count). The number of anilines is 1. The van der Waals surface area contributed by atoms with Gasteiger partial charge < -0.3 is 14.8 Å². The molecule has 0 bridgehead atoms. The summed E-state index contributed by atoms with van der Waals surface area (Å²) in [6, 6.07) is 17.2. The molecular formula is C27H24FN5O7S. The Morgan fingerprint density at radius 2 is 1.76 bits per heavy atom.